The summed E-state index contributed by atoms with van der Waals surface area (Å²) in [5, 5.41) is 10.1. The number of anilines is 4. The van der Waals surface area contributed by atoms with E-state index in [0.717, 1.165) is 71.4 Å². The van der Waals surface area contributed by atoms with Gasteiger partial charge in [-0.25, -0.2) is 0 Å². The lowest BCUT2D eigenvalue weighted by Gasteiger charge is -2.23. The van der Waals surface area contributed by atoms with Gasteiger partial charge in [0.25, 0.3) is 11.8 Å². The van der Waals surface area contributed by atoms with Gasteiger partial charge in [0.2, 0.25) is 11.8 Å². The number of unbranched alkanes of at least 4 members (excludes halogenated alkanes) is 5. The molecule has 0 saturated carbocycles. The van der Waals surface area contributed by atoms with Crippen LogP contribution in [0.25, 0.3) is 21.5 Å². The summed E-state index contributed by atoms with van der Waals surface area (Å²) in [5.74, 6) is -0.258. The largest absolute Gasteiger partial charge is 0.326 e. The maximum absolute atomic E-state index is 13.5. The van der Waals surface area contributed by atoms with Gasteiger partial charge >= 0.3 is 0 Å². The Morgan fingerprint density at radius 3 is 1.18 bits per heavy atom. The van der Waals surface area contributed by atoms with E-state index < -0.39 is 0 Å². The third kappa shape index (κ3) is 9.87. The lowest BCUT2D eigenvalue weighted by molar-refractivity contribution is -0.117. The third-order valence-electron chi connectivity index (χ3n) is 10.1. The lowest BCUT2D eigenvalue weighted by atomic mass is 10.1. The van der Waals surface area contributed by atoms with Gasteiger partial charge in [-0.2, -0.15) is 0 Å². The van der Waals surface area contributed by atoms with Crippen LogP contribution in [0.15, 0.2) is 133 Å². The van der Waals surface area contributed by atoms with Gasteiger partial charge in [-0.15, -0.1) is 0 Å². The van der Waals surface area contributed by atoms with E-state index in [0.29, 0.717) is 48.4 Å². The van der Waals surface area contributed by atoms with E-state index in [9.17, 15) is 19.2 Å². The van der Waals surface area contributed by atoms with Crippen molar-refractivity contribution in [3.8, 4) is 0 Å². The summed E-state index contributed by atoms with van der Waals surface area (Å²) >= 11 is 0. The summed E-state index contributed by atoms with van der Waals surface area (Å²) in [6.45, 7) is 5.01. The maximum atomic E-state index is 13.5. The molecule has 2 N–H and O–H groups in total. The molecule has 56 heavy (non-hydrogen) atoms. The Balaban J connectivity index is 0.856. The van der Waals surface area contributed by atoms with Gasteiger partial charge in [-0.3, -0.25) is 19.2 Å². The van der Waals surface area contributed by atoms with Gasteiger partial charge in [-0.05, 0) is 98.1 Å². The Morgan fingerprint density at radius 1 is 0.429 bits per heavy atom. The molecule has 286 valence electrons. The number of hydrogen-bond donors (Lipinski definition) is 2. The van der Waals surface area contributed by atoms with Crippen LogP contribution >= 0.6 is 0 Å². The quantitative estimate of drug-likeness (QED) is 0.0908. The van der Waals surface area contributed by atoms with Crippen molar-refractivity contribution < 1.29 is 19.2 Å². The lowest BCUT2D eigenvalue weighted by Crippen LogP contribution is -2.30. The van der Waals surface area contributed by atoms with Crippen molar-refractivity contribution in [2.24, 2.45) is 0 Å². The van der Waals surface area contributed by atoms with Crippen LogP contribution in [0, 0.1) is 0 Å². The van der Waals surface area contributed by atoms with Gasteiger partial charge in [0.05, 0.1) is 11.4 Å². The first-order valence-electron chi connectivity index (χ1n) is 19.8. The number of rotatable bonds is 17. The summed E-state index contributed by atoms with van der Waals surface area (Å²) in [5.41, 5.74) is 4.22. The van der Waals surface area contributed by atoms with E-state index >= 15 is 0 Å². The summed E-state index contributed by atoms with van der Waals surface area (Å²) < 4.78 is 0. The molecule has 0 atom stereocenters. The van der Waals surface area contributed by atoms with Gasteiger partial charge in [0.1, 0.15) is 0 Å². The minimum atomic E-state index is -0.0843. The fraction of sp³-hybridized carbons (Fsp3) is 0.250. The van der Waals surface area contributed by atoms with Gasteiger partial charge < -0.3 is 20.4 Å². The molecule has 0 heterocycles. The SMILES string of the molecule is CCN(C(=O)c1ccc(NC(=O)CCCCCCCCC(=O)Nc2ccc(C(=O)N(CC)c3cccc4ccccc34)cc2)cc1)c1cccc2ccccc12. The number of fused-ring (bicyclic) bond motifs is 2. The van der Waals surface area contributed by atoms with E-state index in [1.807, 2.05) is 98.8 Å². The van der Waals surface area contributed by atoms with Crippen molar-refractivity contribution in [1.82, 2.24) is 0 Å². The molecule has 6 aromatic rings. The van der Waals surface area contributed by atoms with Crippen LogP contribution in [0.3, 0.4) is 0 Å². The summed E-state index contributed by atoms with van der Waals surface area (Å²) in [4.78, 5) is 55.7. The number of nitrogens with zero attached hydrogens (tertiary/aromatic N) is 2. The molecule has 0 aliphatic rings. The van der Waals surface area contributed by atoms with Crippen molar-refractivity contribution >= 4 is 67.9 Å². The molecule has 0 aromatic heterocycles. The minimum absolute atomic E-state index is 0.0448. The smallest absolute Gasteiger partial charge is 0.258 e. The first-order valence-corrected chi connectivity index (χ1v) is 19.8. The van der Waals surface area contributed by atoms with E-state index in [4.69, 9.17) is 0 Å². The van der Waals surface area contributed by atoms with Crippen molar-refractivity contribution in [2.45, 2.75) is 65.2 Å². The molecule has 0 radical (unpaired) electrons. The predicted octanol–water partition coefficient (Wildman–Crippen LogP) is 11.0. The van der Waals surface area contributed by atoms with Gasteiger partial charge in [0.15, 0.2) is 0 Å². The Kier molecular flexibility index (Phi) is 13.6. The maximum Gasteiger partial charge on any atom is 0.258 e. The zero-order chi connectivity index (χ0) is 39.3. The van der Waals surface area contributed by atoms with Crippen molar-refractivity contribution in [1.29, 1.82) is 0 Å². The van der Waals surface area contributed by atoms with Crippen LogP contribution < -0.4 is 20.4 Å². The molecule has 8 nitrogen and oxygen atoms in total. The van der Waals surface area contributed by atoms with Crippen LogP contribution in [0.4, 0.5) is 22.7 Å². The Labute approximate surface area is 329 Å². The van der Waals surface area contributed by atoms with E-state index in [2.05, 4.69) is 10.6 Å². The predicted molar refractivity (Wildman–Crippen MR) is 230 cm³/mol. The van der Waals surface area contributed by atoms with Crippen LogP contribution in [0.2, 0.25) is 0 Å². The Morgan fingerprint density at radius 2 is 0.786 bits per heavy atom. The molecule has 0 spiro atoms. The second-order valence-electron chi connectivity index (χ2n) is 14.0. The first-order chi connectivity index (χ1) is 27.4. The van der Waals surface area contributed by atoms with Crippen LogP contribution in [0.5, 0.6) is 0 Å². The van der Waals surface area contributed by atoms with Crippen LogP contribution in [-0.4, -0.2) is 36.7 Å². The summed E-state index contributed by atoms with van der Waals surface area (Å²) in [6, 6.07) is 42.2. The second kappa shape index (κ2) is 19.4. The van der Waals surface area contributed by atoms with Crippen LogP contribution in [-0.2, 0) is 9.59 Å². The van der Waals surface area contributed by atoms with Crippen molar-refractivity contribution in [3.05, 3.63) is 145 Å². The number of hydrogen-bond acceptors (Lipinski definition) is 4. The molecule has 6 rings (SSSR count). The van der Waals surface area contributed by atoms with Crippen LogP contribution in [0.1, 0.15) is 85.9 Å². The normalized spacial score (nSPS) is 11.0. The van der Waals surface area contributed by atoms with Crippen molar-refractivity contribution in [2.75, 3.05) is 33.5 Å². The minimum Gasteiger partial charge on any atom is -0.326 e. The van der Waals surface area contributed by atoms with Gasteiger partial charge in [-0.1, -0.05) is 98.5 Å². The summed E-state index contributed by atoms with van der Waals surface area (Å²) in [7, 11) is 0. The van der Waals surface area contributed by atoms with Crippen molar-refractivity contribution in [3.63, 3.8) is 0 Å². The monoisotopic (exact) mass is 746 g/mol. The molecule has 0 fully saturated rings. The molecule has 0 saturated heterocycles. The number of amides is 4. The molecule has 0 aliphatic heterocycles. The zero-order valence-electron chi connectivity index (χ0n) is 32.3. The Bertz CT molecular complexity index is 2110. The molecular weight excluding hydrogens is 697 g/mol. The highest BCUT2D eigenvalue weighted by Crippen LogP contribution is 2.30. The second-order valence-corrected chi connectivity index (χ2v) is 14.0. The first kappa shape index (κ1) is 39.4. The molecule has 0 unspecified atom stereocenters. The molecule has 4 amide bonds. The number of nitrogens with one attached hydrogen (secondary N) is 2. The molecule has 0 bridgehead atoms. The average molecular weight is 747 g/mol. The van der Waals surface area contributed by atoms with E-state index in [1.54, 1.807) is 58.3 Å². The molecule has 6 aromatic carbocycles. The summed E-state index contributed by atoms with van der Waals surface area (Å²) in [6.07, 6.45) is 6.31. The number of carbonyl (C=O) groups excluding carboxylic acids is 4. The van der Waals surface area contributed by atoms with E-state index in [1.165, 1.54) is 0 Å². The molecule has 8 heteroatoms. The zero-order valence-corrected chi connectivity index (χ0v) is 32.3. The topological polar surface area (TPSA) is 98.8 Å². The number of carbonyl (C=O) groups is 4. The highest BCUT2D eigenvalue weighted by atomic mass is 16.2. The molecular formula is C48H50N4O4. The fourth-order valence-electron chi connectivity index (χ4n) is 7.16. The standard InChI is InChI=1S/C48H50N4O4/c1-3-51(43-23-15-19-35-17-11-13-21-41(35)43)47(55)37-27-31-39(32-28-37)49-45(53)25-9-7-5-6-8-10-26-46(54)50-40-33-29-38(30-34-40)48(56)52(4-2)44-24-16-20-36-18-12-14-22-42(36)44/h11-24,27-34H,3-10,25-26H2,1-2H3,(H,49,53)(H,50,54). The van der Waals surface area contributed by atoms with E-state index in [-0.39, 0.29) is 23.6 Å². The third-order valence-corrected chi connectivity index (χ3v) is 10.1. The Hall–Kier alpha value is -6.28. The highest BCUT2D eigenvalue weighted by Gasteiger charge is 2.20. The molecule has 0 aliphatic carbocycles. The average Bonchev–Trinajstić information content (AvgIpc) is 3.23. The van der Waals surface area contributed by atoms with Gasteiger partial charge in [0, 0.05) is 59.2 Å². The number of benzene rings is 6. The highest BCUT2D eigenvalue weighted by molar-refractivity contribution is 6.12. The fourth-order valence-corrected chi connectivity index (χ4v) is 7.16.